The van der Waals surface area contributed by atoms with Crippen LogP contribution in [0.5, 0.6) is 0 Å². The fourth-order valence-corrected chi connectivity index (χ4v) is 3.36. The molecule has 0 aliphatic carbocycles. The van der Waals surface area contributed by atoms with Crippen LogP contribution in [-0.2, 0) is 9.63 Å². The van der Waals surface area contributed by atoms with E-state index in [0.717, 1.165) is 11.1 Å². The van der Waals surface area contributed by atoms with Crippen molar-refractivity contribution >= 4 is 63.7 Å². The third kappa shape index (κ3) is 4.04. The summed E-state index contributed by atoms with van der Waals surface area (Å²) in [6, 6.07) is 12.5. The molecule has 2 aromatic rings. The summed E-state index contributed by atoms with van der Waals surface area (Å²) in [5.74, 6) is -0.711. The van der Waals surface area contributed by atoms with E-state index in [-0.39, 0.29) is 5.92 Å². The van der Waals surface area contributed by atoms with E-state index in [1.54, 1.807) is 36.4 Å². The Morgan fingerprint density at radius 2 is 1.84 bits per heavy atom. The molecule has 0 saturated heterocycles. The largest absolute Gasteiger partial charge is 0.394 e. The van der Waals surface area contributed by atoms with Gasteiger partial charge < -0.3 is 10.2 Å². The Bertz CT molecular complexity index is 819. The zero-order valence-electron chi connectivity index (χ0n) is 12.7. The molecule has 0 fully saturated rings. The van der Waals surface area contributed by atoms with Crippen LogP contribution >= 0.6 is 46.4 Å². The van der Waals surface area contributed by atoms with Crippen molar-refractivity contribution in [1.29, 1.82) is 0 Å². The summed E-state index contributed by atoms with van der Waals surface area (Å²) in [6.07, 6.45) is 0. The van der Waals surface area contributed by atoms with Crippen LogP contribution in [0.1, 0.15) is 17.0 Å². The number of alkyl halides is 2. The molecule has 1 heterocycles. The fourth-order valence-electron chi connectivity index (χ4n) is 2.59. The maximum Gasteiger partial charge on any atom is 0.257 e. The van der Waals surface area contributed by atoms with Crippen LogP contribution in [0.25, 0.3) is 0 Å². The van der Waals surface area contributed by atoms with E-state index >= 15 is 0 Å². The van der Waals surface area contributed by atoms with Gasteiger partial charge in [0, 0.05) is 26.9 Å². The van der Waals surface area contributed by atoms with Crippen molar-refractivity contribution in [3.63, 3.8) is 0 Å². The molecule has 0 aromatic heterocycles. The van der Waals surface area contributed by atoms with Crippen LogP contribution < -0.4 is 5.32 Å². The van der Waals surface area contributed by atoms with Gasteiger partial charge in [0.2, 0.25) is 0 Å². The fraction of sp³-hybridized carbons (Fsp3) is 0.176. The monoisotopic (exact) mass is 416 g/mol. The molecule has 0 bridgehead atoms. The molecule has 1 atom stereocenters. The average molecular weight is 418 g/mol. The topological polar surface area (TPSA) is 50.7 Å². The lowest BCUT2D eigenvalue weighted by Gasteiger charge is -2.15. The van der Waals surface area contributed by atoms with Crippen LogP contribution in [-0.4, -0.2) is 23.1 Å². The van der Waals surface area contributed by atoms with Crippen LogP contribution in [0.4, 0.5) is 5.69 Å². The summed E-state index contributed by atoms with van der Waals surface area (Å²) in [4.78, 5) is 15.8. The standard InChI is InChI=1S/C17H12Cl4N2O2/c18-12-5-2-6-13(19)14(12)11-8-25-23-15(11)9-3-1-4-10(7-9)22-17(24)16(20)21/h1-7,11,16H,8H2,(H,22,24)/t11-/m1/s1. The number of hydrogen-bond donors (Lipinski definition) is 1. The number of carbonyl (C=O) groups excluding carboxylic acids is 1. The Labute approximate surface area is 164 Å². The Morgan fingerprint density at radius 3 is 2.52 bits per heavy atom. The van der Waals surface area contributed by atoms with E-state index in [2.05, 4.69) is 10.5 Å². The van der Waals surface area contributed by atoms with Gasteiger partial charge >= 0.3 is 0 Å². The number of carbonyl (C=O) groups is 1. The van der Waals surface area contributed by atoms with Crippen molar-refractivity contribution in [1.82, 2.24) is 0 Å². The van der Waals surface area contributed by atoms with Crippen molar-refractivity contribution in [2.24, 2.45) is 5.16 Å². The lowest BCUT2D eigenvalue weighted by atomic mass is 9.90. The number of halogens is 4. The first-order chi connectivity index (χ1) is 12.0. The summed E-state index contributed by atoms with van der Waals surface area (Å²) in [7, 11) is 0. The molecule has 8 heteroatoms. The lowest BCUT2D eigenvalue weighted by Crippen LogP contribution is -2.19. The molecule has 2 aromatic carbocycles. The van der Waals surface area contributed by atoms with E-state index in [0.29, 0.717) is 28.1 Å². The highest BCUT2D eigenvalue weighted by Crippen LogP contribution is 2.36. The molecule has 25 heavy (non-hydrogen) atoms. The minimum Gasteiger partial charge on any atom is -0.394 e. The first-order valence-electron chi connectivity index (χ1n) is 7.30. The van der Waals surface area contributed by atoms with Crippen molar-refractivity contribution in [2.45, 2.75) is 10.8 Å². The Hall–Kier alpha value is -1.46. The first-order valence-corrected chi connectivity index (χ1v) is 8.93. The van der Waals surface area contributed by atoms with Gasteiger partial charge in [0.25, 0.3) is 5.91 Å². The minimum absolute atomic E-state index is 0.207. The second kappa shape index (κ2) is 7.83. The number of anilines is 1. The number of hydrogen-bond acceptors (Lipinski definition) is 3. The van der Waals surface area contributed by atoms with Gasteiger partial charge in [0.15, 0.2) is 4.84 Å². The summed E-state index contributed by atoms with van der Waals surface area (Å²) in [5.41, 5.74) is 2.77. The van der Waals surface area contributed by atoms with Crippen LogP contribution in [0, 0.1) is 0 Å². The van der Waals surface area contributed by atoms with E-state index in [9.17, 15) is 4.79 Å². The van der Waals surface area contributed by atoms with Gasteiger partial charge in [-0.15, -0.1) is 0 Å². The Kier molecular flexibility index (Phi) is 5.74. The van der Waals surface area contributed by atoms with Crippen molar-refractivity contribution in [3.05, 3.63) is 63.6 Å². The lowest BCUT2D eigenvalue weighted by molar-refractivity contribution is -0.114. The minimum atomic E-state index is -1.15. The third-order valence-corrected chi connectivity index (χ3v) is 4.76. The second-order valence-electron chi connectivity index (χ2n) is 5.33. The SMILES string of the molecule is O=C(Nc1cccc(C2=NOC[C@@H]2c2c(Cl)cccc2Cl)c1)C(Cl)Cl. The number of nitrogens with one attached hydrogen (secondary N) is 1. The van der Waals surface area contributed by atoms with E-state index in [1.165, 1.54) is 0 Å². The van der Waals surface area contributed by atoms with E-state index < -0.39 is 10.7 Å². The number of benzene rings is 2. The number of oxime groups is 1. The van der Waals surface area contributed by atoms with Gasteiger partial charge in [-0.2, -0.15) is 0 Å². The van der Waals surface area contributed by atoms with E-state index in [1.807, 2.05) is 6.07 Å². The number of amides is 1. The van der Waals surface area contributed by atoms with Gasteiger partial charge in [0.05, 0.1) is 11.6 Å². The molecule has 3 rings (SSSR count). The summed E-state index contributed by atoms with van der Waals surface area (Å²) in [5, 5.41) is 7.86. The summed E-state index contributed by atoms with van der Waals surface area (Å²) < 4.78 is 0. The average Bonchev–Trinajstić information content (AvgIpc) is 3.04. The maximum atomic E-state index is 11.7. The van der Waals surface area contributed by atoms with Gasteiger partial charge in [-0.05, 0) is 24.3 Å². The normalized spacial score (nSPS) is 16.5. The highest BCUT2D eigenvalue weighted by Gasteiger charge is 2.30. The molecule has 0 spiro atoms. The second-order valence-corrected chi connectivity index (χ2v) is 7.24. The van der Waals surface area contributed by atoms with Gasteiger partial charge in [-0.1, -0.05) is 69.8 Å². The maximum absolute atomic E-state index is 11.7. The predicted octanol–water partition coefficient (Wildman–Crippen LogP) is 5.25. The number of nitrogens with zero attached hydrogens (tertiary/aromatic N) is 1. The summed E-state index contributed by atoms with van der Waals surface area (Å²) in [6.45, 7) is 0.334. The van der Waals surface area contributed by atoms with Crippen LogP contribution in [0.15, 0.2) is 47.6 Å². The molecule has 130 valence electrons. The molecular formula is C17H12Cl4N2O2. The molecule has 1 amide bonds. The third-order valence-electron chi connectivity index (χ3n) is 3.71. The van der Waals surface area contributed by atoms with Gasteiger partial charge in [-0.25, -0.2) is 0 Å². The van der Waals surface area contributed by atoms with E-state index in [4.69, 9.17) is 51.2 Å². The zero-order chi connectivity index (χ0) is 18.0. The molecule has 1 aliphatic heterocycles. The smallest absolute Gasteiger partial charge is 0.257 e. The predicted molar refractivity (Wildman–Crippen MR) is 102 cm³/mol. The molecular weight excluding hydrogens is 406 g/mol. The molecule has 0 unspecified atom stereocenters. The van der Waals surface area contributed by atoms with Crippen LogP contribution in [0.3, 0.4) is 0 Å². The van der Waals surface area contributed by atoms with Gasteiger partial charge in [-0.3, -0.25) is 4.79 Å². The molecule has 4 nitrogen and oxygen atoms in total. The van der Waals surface area contributed by atoms with Crippen molar-refractivity contribution in [2.75, 3.05) is 11.9 Å². The van der Waals surface area contributed by atoms with Crippen molar-refractivity contribution in [3.8, 4) is 0 Å². The molecule has 1 aliphatic rings. The Morgan fingerprint density at radius 1 is 1.16 bits per heavy atom. The first kappa shape index (κ1) is 18.3. The van der Waals surface area contributed by atoms with Crippen LogP contribution in [0.2, 0.25) is 10.0 Å². The zero-order valence-corrected chi connectivity index (χ0v) is 15.7. The van der Waals surface area contributed by atoms with Gasteiger partial charge in [0.1, 0.15) is 6.61 Å². The number of rotatable bonds is 4. The molecule has 0 radical (unpaired) electrons. The molecule has 1 N–H and O–H groups in total. The summed E-state index contributed by atoms with van der Waals surface area (Å²) >= 11 is 23.8. The molecule has 0 saturated carbocycles. The highest BCUT2D eigenvalue weighted by molar-refractivity contribution is 6.54. The quantitative estimate of drug-likeness (QED) is 0.690. The van der Waals surface area contributed by atoms with Crippen molar-refractivity contribution < 1.29 is 9.63 Å². The Balaban J connectivity index is 1.92. The highest BCUT2D eigenvalue weighted by atomic mass is 35.5.